The highest BCUT2D eigenvalue weighted by molar-refractivity contribution is 5.97. The van der Waals surface area contributed by atoms with Gasteiger partial charge in [0, 0.05) is 44.0 Å². The number of ether oxygens (including phenoxy) is 1. The zero-order valence-electron chi connectivity index (χ0n) is 15.0. The van der Waals surface area contributed by atoms with E-state index >= 15 is 0 Å². The van der Waals surface area contributed by atoms with Gasteiger partial charge in [0.25, 0.3) is 0 Å². The van der Waals surface area contributed by atoms with E-state index in [0.29, 0.717) is 38.4 Å². The van der Waals surface area contributed by atoms with Crippen molar-refractivity contribution < 1.29 is 28.6 Å². The summed E-state index contributed by atoms with van der Waals surface area (Å²) >= 11 is 0. The van der Waals surface area contributed by atoms with Gasteiger partial charge >= 0.3 is 5.97 Å². The number of carbonyl (C=O) groups excluding carboxylic acids is 2. The number of hydrogen-bond acceptors (Lipinski definition) is 5. The summed E-state index contributed by atoms with van der Waals surface area (Å²) in [5, 5.41) is 9.05. The van der Waals surface area contributed by atoms with E-state index in [0.717, 1.165) is 0 Å². The molecule has 0 radical (unpaired) electrons. The lowest BCUT2D eigenvalue weighted by atomic mass is 10.1. The molecule has 2 aliphatic heterocycles. The van der Waals surface area contributed by atoms with Crippen LogP contribution in [0.3, 0.4) is 0 Å². The number of fused-ring (bicyclic) bond motifs is 3. The molecule has 146 valence electrons. The summed E-state index contributed by atoms with van der Waals surface area (Å²) in [7, 11) is 0. The van der Waals surface area contributed by atoms with Crippen LogP contribution in [0.4, 0.5) is 4.39 Å². The van der Waals surface area contributed by atoms with Gasteiger partial charge in [-0.15, -0.1) is 0 Å². The van der Waals surface area contributed by atoms with Crippen LogP contribution in [0.1, 0.15) is 23.2 Å². The Labute approximate surface area is 156 Å². The van der Waals surface area contributed by atoms with Crippen molar-refractivity contribution in [2.24, 2.45) is 5.92 Å². The first-order chi connectivity index (χ1) is 12.9. The minimum Gasteiger partial charge on any atom is -0.480 e. The molecule has 2 bridgehead atoms. The highest BCUT2D eigenvalue weighted by Crippen LogP contribution is 2.21. The highest BCUT2D eigenvalue weighted by atomic mass is 19.1. The second kappa shape index (κ2) is 8.58. The number of carboxylic acids is 1. The largest absolute Gasteiger partial charge is 0.480 e. The van der Waals surface area contributed by atoms with Gasteiger partial charge < -0.3 is 14.7 Å². The van der Waals surface area contributed by atoms with Crippen molar-refractivity contribution in [1.82, 2.24) is 9.80 Å². The monoisotopic (exact) mass is 378 g/mol. The van der Waals surface area contributed by atoms with Crippen LogP contribution in [-0.4, -0.2) is 78.0 Å². The lowest BCUT2D eigenvalue weighted by molar-refractivity contribution is -0.138. The van der Waals surface area contributed by atoms with Gasteiger partial charge in [-0.25, -0.2) is 4.39 Å². The lowest BCUT2D eigenvalue weighted by Gasteiger charge is -2.30. The number of carbonyl (C=O) groups is 3. The van der Waals surface area contributed by atoms with E-state index in [1.54, 1.807) is 4.90 Å². The molecule has 8 heteroatoms. The fraction of sp³-hybridized carbons (Fsp3) is 0.526. The summed E-state index contributed by atoms with van der Waals surface area (Å²) in [6.07, 6.45) is 0.121. The lowest BCUT2D eigenvalue weighted by Crippen LogP contribution is -2.47. The van der Waals surface area contributed by atoms with Gasteiger partial charge in [-0.2, -0.15) is 0 Å². The molecule has 0 aliphatic carbocycles. The fourth-order valence-corrected chi connectivity index (χ4v) is 3.71. The van der Waals surface area contributed by atoms with Crippen LogP contribution < -0.4 is 0 Å². The molecule has 1 aromatic carbocycles. The summed E-state index contributed by atoms with van der Waals surface area (Å²) in [5.74, 6) is -1.59. The molecule has 27 heavy (non-hydrogen) atoms. The summed E-state index contributed by atoms with van der Waals surface area (Å²) in [4.78, 5) is 39.6. The zero-order chi connectivity index (χ0) is 19.4. The maximum Gasteiger partial charge on any atom is 0.317 e. The number of amides is 1. The molecule has 2 atom stereocenters. The third kappa shape index (κ3) is 5.11. The van der Waals surface area contributed by atoms with Crippen molar-refractivity contribution in [2.75, 3.05) is 39.4 Å². The fourth-order valence-electron chi connectivity index (χ4n) is 3.71. The van der Waals surface area contributed by atoms with E-state index in [1.165, 1.54) is 24.3 Å². The maximum absolute atomic E-state index is 13.0. The van der Waals surface area contributed by atoms with Gasteiger partial charge in [-0.3, -0.25) is 19.3 Å². The van der Waals surface area contributed by atoms with Crippen molar-refractivity contribution in [2.45, 2.75) is 18.9 Å². The number of aliphatic carboxylic acids is 1. The van der Waals surface area contributed by atoms with Crippen molar-refractivity contribution in [3.05, 3.63) is 35.6 Å². The second-order valence-electron chi connectivity index (χ2n) is 7.12. The van der Waals surface area contributed by atoms with E-state index in [9.17, 15) is 18.8 Å². The van der Waals surface area contributed by atoms with Crippen LogP contribution >= 0.6 is 0 Å². The first-order valence-electron chi connectivity index (χ1n) is 9.02. The molecule has 0 saturated carbocycles. The van der Waals surface area contributed by atoms with Crippen LogP contribution in [0.2, 0.25) is 0 Å². The topological polar surface area (TPSA) is 87.2 Å². The SMILES string of the molecule is O=C(O)CN1C[C@@H]2COC[C@H](C1)N(C(=O)CCC(=O)c1ccc(F)cc1)C2. The Morgan fingerprint density at radius 2 is 1.81 bits per heavy atom. The predicted octanol–water partition coefficient (Wildman–Crippen LogP) is 1.03. The molecule has 0 aromatic heterocycles. The van der Waals surface area contributed by atoms with Gasteiger partial charge in [0.2, 0.25) is 5.91 Å². The van der Waals surface area contributed by atoms with Gasteiger partial charge in [0.1, 0.15) is 5.82 Å². The molecular formula is C19H23FN2O5. The van der Waals surface area contributed by atoms with E-state index in [-0.39, 0.29) is 43.0 Å². The molecule has 1 amide bonds. The number of Topliss-reactive ketones (excluding diaryl/α,β-unsaturated/α-hetero) is 1. The Hall–Kier alpha value is -2.32. The number of nitrogens with zero attached hydrogens (tertiary/aromatic N) is 2. The van der Waals surface area contributed by atoms with Crippen LogP contribution in [0.25, 0.3) is 0 Å². The Morgan fingerprint density at radius 3 is 2.52 bits per heavy atom. The molecular weight excluding hydrogens is 355 g/mol. The van der Waals surface area contributed by atoms with Gasteiger partial charge in [0.15, 0.2) is 5.78 Å². The third-order valence-electron chi connectivity index (χ3n) is 4.96. The normalized spacial score (nSPS) is 22.9. The Bertz CT molecular complexity index is 709. The number of halogens is 1. The van der Waals surface area contributed by atoms with Gasteiger partial charge in [0.05, 0.1) is 25.8 Å². The zero-order valence-corrected chi connectivity index (χ0v) is 15.0. The molecule has 2 saturated heterocycles. The van der Waals surface area contributed by atoms with Gasteiger partial charge in [-0.05, 0) is 24.3 Å². The molecule has 7 nitrogen and oxygen atoms in total. The molecule has 2 fully saturated rings. The van der Waals surface area contributed by atoms with Crippen molar-refractivity contribution in [1.29, 1.82) is 0 Å². The molecule has 3 rings (SSSR count). The quantitative estimate of drug-likeness (QED) is 0.744. The summed E-state index contributed by atoms with van der Waals surface area (Å²) < 4.78 is 18.6. The van der Waals surface area contributed by atoms with Crippen LogP contribution in [0.15, 0.2) is 24.3 Å². The molecule has 2 aliphatic rings. The predicted molar refractivity (Wildman–Crippen MR) is 93.9 cm³/mol. The minimum absolute atomic E-state index is 0.0496. The molecule has 1 aromatic rings. The molecule has 0 spiro atoms. The van der Waals surface area contributed by atoms with Crippen molar-refractivity contribution in [3.8, 4) is 0 Å². The number of hydrogen-bond donors (Lipinski definition) is 1. The third-order valence-corrected chi connectivity index (χ3v) is 4.96. The smallest absolute Gasteiger partial charge is 0.317 e. The average Bonchev–Trinajstić information content (AvgIpc) is 2.90. The molecule has 0 unspecified atom stereocenters. The summed E-state index contributed by atoms with van der Waals surface area (Å²) in [6.45, 7) is 2.32. The number of rotatable bonds is 6. The van der Waals surface area contributed by atoms with Crippen molar-refractivity contribution in [3.63, 3.8) is 0 Å². The van der Waals surface area contributed by atoms with E-state index in [2.05, 4.69) is 0 Å². The second-order valence-corrected chi connectivity index (χ2v) is 7.12. The number of carboxylic acid groups (broad SMARTS) is 1. The van der Waals surface area contributed by atoms with Crippen LogP contribution in [-0.2, 0) is 14.3 Å². The van der Waals surface area contributed by atoms with E-state index < -0.39 is 11.8 Å². The minimum atomic E-state index is -0.890. The molecule has 2 heterocycles. The first kappa shape index (κ1) is 19.4. The average molecular weight is 378 g/mol. The van der Waals surface area contributed by atoms with Crippen molar-refractivity contribution >= 4 is 17.7 Å². The van der Waals surface area contributed by atoms with Crippen LogP contribution in [0.5, 0.6) is 0 Å². The summed E-state index contributed by atoms with van der Waals surface area (Å²) in [6, 6.07) is 5.06. The Balaban J connectivity index is 1.61. The standard InChI is InChI=1S/C19H23FN2O5/c20-15-3-1-14(2-4-15)17(23)5-6-18(24)22-8-13-7-21(10-19(25)26)9-16(22)12-27-11-13/h1-4,13,16H,5-12H2,(H,25,26)/t13-,16-/m0/s1. The first-order valence-corrected chi connectivity index (χ1v) is 9.02. The number of ketones is 1. The van der Waals surface area contributed by atoms with Crippen LogP contribution in [0, 0.1) is 11.7 Å². The van der Waals surface area contributed by atoms with Gasteiger partial charge in [-0.1, -0.05) is 0 Å². The van der Waals surface area contributed by atoms with E-state index in [4.69, 9.17) is 9.84 Å². The Morgan fingerprint density at radius 1 is 1.07 bits per heavy atom. The molecule has 1 N–H and O–H groups in total. The van der Waals surface area contributed by atoms with E-state index in [1.807, 2.05) is 4.90 Å². The Kier molecular flexibility index (Phi) is 6.18. The maximum atomic E-state index is 13.0. The number of benzene rings is 1. The summed E-state index contributed by atoms with van der Waals surface area (Å²) in [5.41, 5.74) is 0.384. The highest BCUT2D eigenvalue weighted by Gasteiger charge is 2.36.